The van der Waals surface area contributed by atoms with Crippen molar-refractivity contribution in [2.24, 2.45) is 0 Å². The molecule has 2 amide bonds. The molecule has 0 unspecified atom stereocenters. The van der Waals surface area contributed by atoms with Gasteiger partial charge in [0.15, 0.2) is 23.3 Å². The number of rotatable bonds is 3. The number of carbonyl (C=O) groups excluding carboxylic acids is 1. The number of urea groups is 1. The van der Waals surface area contributed by atoms with E-state index in [2.05, 4.69) is 10.6 Å². The maximum absolute atomic E-state index is 13.1. The third-order valence-electron chi connectivity index (χ3n) is 2.97. The highest BCUT2D eigenvalue weighted by atomic mass is 19.2. The van der Waals surface area contributed by atoms with Crippen molar-refractivity contribution in [1.82, 2.24) is 5.32 Å². The molecule has 0 fully saturated rings. The monoisotopic (exact) mass is 312 g/mol. The van der Waals surface area contributed by atoms with E-state index in [9.17, 15) is 22.4 Å². The minimum atomic E-state index is -1.09. The molecule has 2 rings (SSSR count). The van der Waals surface area contributed by atoms with Crippen molar-refractivity contribution in [1.29, 1.82) is 0 Å². The number of hydrogen-bond acceptors (Lipinski definition) is 1. The van der Waals surface area contributed by atoms with Crippen LogP contribution >= 0.6 is 0 Å². The lowest BCUT2D eigenvalue weighted by Gasteiger charge is -2.15. The van der Waals surface area contributed by atoms with Gasteiger partial charge in [0.25, 0.3) is 0 Å². The molecule has 22 heavy (non-hydrogen) atoms. The van der Waals surface area contributed by atoms with E-state index in [0.717, 1.165) is 24.3 Å². The molecule has 2 aromatic carbocycles. The molecule has 0 aromatic heterocycles. The Bertz CT molecular complexity index is 706. The third-order valence-corrected chi connectivity index (χ3v) is 2.97. The van der Waals surface area contributed by atoms with Crippen molar-refractivity contribution in [3.05, 3.63) is 65.2 Å². The average molecular weight is 312 g/mol. The van der Waals surface area contributed by atoms with Gasteiger partial charge < -0.3 is 10.6 Å². The topological polar surface area (TPSA) is 41.1 Å². The number of benzene rings is 2. The summed E-state index contributed by atoms with van der Waals surface area (Å²) >= 11 is 0. The molecular weight excluding hydrogens is 300 g/mol. The molecule has 3 nitrogen and oxygen atoms in total. The summed E-state index contributed by atoms with van der Waals surface area (Å²) < 4.78 is 51.8. The lowest BCUT2D eigenvalue weighted by atomic mass is 10.1. The molecule has 0 spiro atoms. The molecule has 2 N–H and O–H groups in total. The summed E-state index contributed by atoms with van der Waals surface area (Å²) in [5, 5.41) is 4.78. The van der Waals surface area contributed by atoms with Crippen molar-refractivity contribution in [3.63, 3.8) is 0 Å². The van der Waals surface area contributed by atoms with Gasteiger partial charge in [-0.15, -0.1) is 0 Å². The lowest BCUT2D eigenvalue weighted by Crippen LogP contribution is -2.31. The zero-order valence-corrected chi connectivity index (χ0v) is 11.5. The summed E-state index contributed by atoms with van der Waals surface area (Å²) in [6.07, 6.45) is 0. The van der Waals surface area contributed by atoms with Crippen molar-refractivity contribution in [2.75, 3.05) is 5.32 Å². The smallest absolute Gasteiger partial charge is 0.319 e. The van der Waals surface area contributed by atoms with Crippen molar-refractivity contribution < 1.29 is 22.4 Å². The zero-order valence-electron chi connectivity index (χ0n) is 11.5. The first-order chi connectivity index (χ1) is 10.4. The lowest BCUT2D eigenvalue weighted by molar-refractivity contribution is 0.249. The van der Waals surface area contributed by atoms with E-state index >= 15 is 0 Å². The fourth-order valence-corrected chi connectivity index (χ4v) is 1.80. The number of hydrogen-bond donors (Lipinski definition) is 2. The summed E-state index contributed by atoms with van der Waals surface area (Å²) in [5.41, 5.74) is 0.424. The van der Waals surface area contributed by atoms with E-state index in [4.69, 9.17) is 0 Å². The van der Waals surface area contributed by atoms with E-state index in [0.29, 0.717) is 5.56 Å². The maximum Gasteiger partial charge on any atom is 0.319 e. The van der Waals surface area contributed by atoms with Crippen LogP contribution in [0.15, 0.2) is 36.4 Å². The molecule has 2 aromatic rings. The van der Waals surface area contributed by atoms with Crippen molar-refractivity contribution in [3.8, 4) is 0 Å². The summed E-state index contributed by atoms with van der Waals surface area (Å²) in [6.45, 7) is 1.57. The van der Waals surface area contributed by atoms with Crippen LogP contribution in [-0.2, 0) is 0 Å². The Balaban J connectivity index is 2.01. The Morgan fingerprint density at radius 1 is 0.909 bits per heavy atom. The number of halogens is 4. The second-order valence-corrected chi connectivity index (χ2v) is 4.62. The SMILES string of the molecule is C[C@@H](NC(=O)Nc1ccc(F)c(F)c1)c1ccc(F)c(F)c1. The number of nitrogens with one attached hydrogen (secondary N) is 2. The van der Waals surface area contributed by atoms with Crippen LogP contribution in [0.2, 0.25) is 0 Å². The van der Waals surface area contributed by atoms with Gasteiger partial charge in [-0.25, -0.2) is 22.4 Å². The number of amides is 2. The van der Waals surface area contributed by atoms with Crippen LogP contribution < -0.4 is 10.6 Å². The molecule has 0 saturated carbocycles. The molecule has 1 atom stereocenters. The molecule has 0 aliphatic carbocycles. The Morgan fingerprint density at radius 2 is 1.50 bits per heavy atom. The van der Waals surface area contributed by atoms with Gasteiger partial charge in [0.2, 0.25) is 0 Å². The molecule has 116 valence electrons. The fourth-order valence-electron chi connectivity index (χ4n) is 1.80. The first kappa shape index (κ1) is 15.8. The molecule has 0 aliphatic heterocycles. The Hall–Kier alpha value is -2.57. The largest absolute Gasteiger partial charge is 0.331 e. The van der Waals surface area contributed by atoms with Gasteiger partial charge in [-0.1, -0.05) is 6.07 Å². The normalized spacial score (nSPS) is 11.9. The molecule has 0 saturated heterocycles. The van der Waals surface area contributed by atoms with E-state index in [1.807, 2.05) is 0 Å². The summed E-state index contributed by atoms with van der Waals surface area (Å²) in [7, 11) is 0. The quantitative estimate of drug-likeness (QED) is 0.822. The van der Waals surface area contributed by atoms with Crippen LogP contribution in [0.25, 0.3) is 0 Å². The molecule has 7 heteroatoms. The van der Waals surface area contributed by atoms with Gasteiger partial charge >= 0.3 is 6.03 Å². The predicted octanol–water partition coefficient (Wildman–Crippen LogP) is 4.13. The van der Waals surface area contributed by atoms with E-state index in [-0.39, 0.29) is 5.69 Å². The van der Waals surface area contributed by atoms with Gasteiger partial charge in [0.05, 0.1) is 6.04 Å². The van der Waals surface area contributed by atoms with Gasteiger partial charge in [0.1, 0.15) is 0 Å². The van der Waals surface area contributed by atoms with Gasteiger partial charge in [-0.05, 0) is 36.8 Å². The maximum atomic E-state index is 13.1. The van der Waals surface area contributed by atoms with Gasteiger partial charge in [0, 0.05) is 11.8 Å². The second kappa shape index (κ2) is 6.46. The molecular formula is C15H12F4N2O. The number of carbonyl (C=O) groups is 1. The van der Waals surface area contributed by atoms with Crippen LogP contribution in [0.4, 0.5) is 28.0 Å². The highest BCUT2D eigenvalue weighted by molar-refractivity contribution is 5.89. The van der Waals surface area contributed by atoms with Crippen LogP contribution in [0.3, 0.4) is 0 Å². The summed E-state index contributed by atoms with van der Waals surface area (Å²) in [5.74, 6) is -4.12. The van der Waals surface area contributed by atoms with E-state index < -0.39 is 35.3 Å². The molecule has 0 bridgehead atoms. The van der Waals surface area contributed by atoms with E-state index in [1.54, 1.807) is 6.92 Å². The molecule has 0 heterocycles. The first-order valence-corrected chi connectivity index (χ1v) is 6.34. The Kier molecular flexibility index (Phi) is 4.65. The molecule has 0 radical (unpaired) electrons. The highest BCUT2D eigenvalue weighted by Crippen LogP contribution is 2.17. The first-order valence-electron chi connectivity index (χ1n) is 6.34. The Labute approximate surface area is 124 Å². The minimum absolute atomic E-state index is 0.0638. The predicted molar refractivity (Wildman–Crippen MR) is 73.3 cm³/mol. The van der Waals surface area contributed by atoms with Crippen LogP contribution in [0.1, 0.15) is 18.5 Å². The standard InChI is InChI=1S/C15H12F4N2O/c1-8(9-2-4-11(16)13(18)6-9)20-15(22)21-10-3-5-12(17)14(19)7-10/h2-8H,1H3,(H2,20,21,22)/t8-/m1/s1. The fraction of sp³-hybridized carbons (Fsp3) is 0.133. The second-order valence-electron chi connectivity index (χ2n) is 4.62. The van der Waals surface area contributed by atoms with Crippen LogP contribution in [0.5, 0.6) is 0 Å². The van der Waals surface area contributed by atoms with Crippen molar-refractivity contribution in [2.45, 2.75) is 13.0 Å². The summed E-state index contributed by atoms with van der Waals surface area (Å²) in [6, 6.07) is 4.86. The number of anilines is 1. The zero-order chi connectivity index (χ0) is 16.3. The van der Waals surface area contributed by atoms with Gasteiger partial charge in [-0.3, -0.25) is 0 Å². The third kappa shape index (κ3) is 3.75. The average Bonchev–Trinajstić information content (AvgIpc) is 2.45. The van der Waals surface area contributed by atoms with Gasteiger partial charge in [-0.2, -0.15) is 0 Å². The summed E-state index contributed by atoms with van der Waals surface area (Å²) in [4.78, 5) is 11.7. The van der Waals surface area contributed by atoms with Crippen LogP contribution in [0, 0.1) is 23.3 Å². The Morgan fingerprint density at radius 3 is 2.09 bits per heavy atom. The minimum Gasteiger partial charge on any atom is -0.331 e. The van der Waals surface area contributed by atoms with Crippen LogP contribution in [-0.4, -0.2) is 6.03 Å². The van der Waals surface area contributed by atoms with E-state index in [1.165, 1.54) is 12.1 Å². The molecule has 0 aliphatic rings. The highest BCUT2D eigenvalue weighted by Gasteiger charge is 2.12. The van der Waals surface area contributed by atoms with Crippen molar-refractivity contribution >= 4 is 11.7 Å².